The predicted molar refractivity (Wildman–Crippen MR) is 61.0 cm³/mol. The minimum absolute atomic E-state index is 0.509. The van der Waals surface area contributed by atoms with Gasteiger partial charge in [0, 0.05) is 10.2 Å². The van der Waals surface area contributed by atoms with Crippen LogP contribution in [0, 0.1) is 0 Å². The molecular formula is C9H9BrN2S. The van der Waals surface area contributed by atoms with Gasteiger partial charge in [0.2, 0.25) is 0 Å². The summed E-state index contributed by atoms with van der Waals surface area (Å²) in [6.07, 6.45) is 0. The Balaban J connectivity index is 2.35. The zero-order valence-electron chi connectivity index (χ0n) is 6.90. The van der Waals surface area contributed by atoms with Gasteiger partial charge in [0.05, 0.1) is 5.55 Å². The van der Waals surface area contributed by atoms with Crippen LogP contribution in [-0.4, -0.2) is 11.3 Å². The third-order valence-electron chi connectivity index (χ3n) is 2.01. The van der Waals surface area contributed by atoms with Gasteiger partial charge in [-0.1, -0.05) is 28.1 Å². The summed E-state index contributed by atoms with van der Waals surface area (Å²) in [5.74, 6) is 0.828. The molecule has 1 unspecified atom stereocenters. The Morgan fingerprint density at radius 3 is 2.62 bits per heavy atom. The highest BCUT2D eigenvalue weighted by atomic mass is 79.9. The fourth-order valence-electron chi connectivity index (χ4n) is 1.23. The third kappa shape index (κ3) is 1.80. The van der Waals surface area contributed by atoms with E-state index in [2.05, 4.69) is 20.9 Å². The standard InChI is InChI=1S/C9H9BrN2S/c10-8-3-1-7(2-4-8)9(11)5-13-6-12-9/h1-4,6H,5,11H2. The maximum atomic E-state index is 6.10. The Hall–Kier alpha value is -0.320. The number of aliphatic imine (C=N–C) groups is 1. The minimum atomic E-state index is -0.509. The molecule has 1 aliphatic heterocycles. The first-order valence-electron chi connectivity index (χ1n) is 3.91. The molecule has 1 atom stereocenters. The molecule has 1 aliphatic rings. The first kappa shape index (κ1) is 9.24. The maximum Gasteiger partial charge on any atom is 0.143 e. The van der Waals surface area contributed by atoms with E-state index in [1.807, 2.05) is 29.8 Å². The van der Waals surface area contributed by atoms with Crippen molar-refractivity contribution in [2.24, 2.45) is 10.7 Å². The summed E-state index contributed by atoms with van der Waals surface area (Å²) >= 11 is 5.04. The minimum Gasteiger partial charge on any atom is -0.303 e. The van der Waals surface area contributed by atoms with Gasteiger partial charge in [-0.3, -0.25) is 4.99 Å². The molecule has 0 aromatic heterocycles. The molecule has 0 amide bonds. The van der Waals surface area contributed by atoms with Gasteiger partial charge in [-0.2, -0.15) is 0 Å². The van der Waals surface area contributed by atoms with Gasteiger partial charge in [0.15, 0.2) is 0 Å². The van der Waals surface area contributed by atoms with Crippen LogP contribution in [-0.2, 0) is 5.66 Å². The zero-order valence-corrected chi connectivity index (χ0v) is 9.31. The lowest BCUT2D eigenvalue weighted by Gasteiger charge is -2.19. The van der Waals surface area contributed by atoms with E-state index < -0.39 is 5.66 Å². The molecule has 0 saturated carbocycles. The second-order valence-corrected chi connectivity index (χ2v) is 4.73. The average Bonchev–Trinajstić information content (AvgIpc) is 2.54. The molecule has 1 aromatic carbocycles. The number of thioether (sulfide) groups is 1. The first-order valence-corrected chi connectivity index (χ1v) is 5.75. The van der Waals surface area contributed by atoms with Crippen LogP contribution in [0.25, 0.3) is 0 Å². The summed E-state index contributed by atoms with van der Waals surface area (Å²) in [6.45, 7) is 0. The summed E-state index contributed by atoms with van der Waals surface area (Å²) in [5, 5.41) is 0. The molecular weight excluding hydrogens is 248 g/mol. The zero-order chi connectivity index (χ0) is 9.31. The van der Waals surface area contributed by atoms with Crippen molar-refractivity contribution in [1.82, 2.24) is 0 Å². The fraction of sp³-hybridized carbons (Fsp3) is 0.222. The van der Waals surface area contributed by atoms with Crippen LogP contribution < -0.4 is 5.73 Å². The number of rotatable bonds is 1. The van der Waals surface area contributed by atoms with Crippen LogP contribution in [0.2, 0.25) is 0 Å². The van der Waals surface area contributed by atoms with Gasteiger partial charge in [-0.25, -0.2) is 0 Å². The van der Waals surface area contributed by atoms with Crippen LogP contribution >= 0.6 is 27.7 Å². The lowest BCUT2D eigenvalue weighted by atomic mass is 10.0. The molecule has 1 aromatic rings. The predicted octanol–water partition coefficient (Wildman–Crippen LogP) is 2.34. The Bertz CT molecular complexity index is 336. The van der Waals surface area contributed by atoms with Crippen LogP contribution in [0.1, 0.15) is 5.56 Å². The Morgan fingerprint density at radius 1 is 1.38 bits per heavy atom. The molecule has 0 bridgehead atoms. The molecule has 68 valence electrons. The van der Waals surface area contributed by atoms with E-state index in [1.54, 1.807) is 11.8 Å². The topological polar surface area (TPSA) is 38.4 Å². The smallest absolute Gasteiger partial charge is 0.143 e. The van der Waals surface area contributed by atoms with Crippen molar-refractivity contribution >= 4 is 33.2 Å². The molecule has 2 nitrogen and oxygen atoms in total. The third-order valence-corrected chi connectivity index (χ3v) is 3.40. The second-order valence-electron chi connectivity index (χ2n) is 2.98. The highest BCUT2D eigenvalue weighted by Crippen LogP contribution is 2.29. The van der Waals surface area contributed by atoms with E-state index in [9.17, 15) is 0 Å². The summed E-state index contributed by atoms with van der Waals surface area (Å²) in [6, 6.07) is 7.99. The normalized spacial score (nSPS) is 26.6. The quantitative estimate of drug-likeness (QED) is 0.838. The largest absolute Gasteiger partial charge is 0.303 e. The van der Waals surface area contributed by atoms with Crippen molar-refractivity contribution in [1.29, 1.82) is 0 Å². The highest BCUT2D eigenvalue weighted by molar-refractivity contribution is 9.10. The van der Waals surface area contributed by atoms with Gasteiger partial charge < -0.3 is 5.73 Å². The van der Waals surface area contributed by atoms with Crippen LogP contribution in [0.3, 0.4) is 0 Å². The number of hydrogen-bond donors (Lipinski definition) is 1. The molecule has 13 heavy (non-hydrogen) atoms. The highest BCUT2D eigenvalue weighted by Gasteiger charge is 2.28. The van der Waals surface area contributed by atoms with Gasteiger partial charge in [0.1, 0.15) is 5.66 Å². The van der Waals surface area contributed by atoms with Crippen molar-refractivity contribution in [3.63, 3.8) is 0 Å². The van der Waals surface area contributed by atoms with Crippen molar-refractivity contribution in [3.8, 4) is 0 Å². The van der Waals surface area contributed by atoms with E-state index in [0.717, 1.165) is 15.8 Å². The van der Waals surface area contributed by atoms with Crippen LogP contribution in [0.15, 0.2) is 33.7 Å². The lowest BCUT2D eigenvalue weighted by Crippen LogP contribution is -2.34. The van der Waals surface area contributed by atoms with Crippen molar-refractivity contribution in [2.75, 3.05) is 5.75 Å². The van der Waals surface area contributed by atoms with Crippen molar-refractivity contribution < 1.29 is 0 Å². The van der Waals surface area contributed by atoms with E-state index in [0.29, 0.717) is 0 Å². The number of nitrogens with zero attached hydrogens (tertiary/aromatic N) is 1. The number of benzene rings is 1. The molecule has 2 rings (SSSR count). The van der Waals surface area contributed by atoms with Crippen molar-refractivity contribution in [3.05, 3.63) is 34.3 Å². The number of halogens is 1. The van der Waals surface area contributed by atoms with Crippen molar-refractivity contribution in [2.45, 2.75) is 5.66 Å². The Morgan fingerprint density at radius 2 is 2.08 bits per heavy atom. The number of hydrogen-bond acceptors (Lipinski definition) is 3. The van der Waals surface area contributed by atoms with Gasteiger partial charge in [-0.05, 0) is 17.7 Å². The van der Waals surface area contributed by atoms with E-state index in [4.69, 9.17) is 5.73 Å². The summed E-state index contributed by atoms with van der Waals surface area (Å²) in [5.41, 5.74) is 8.48. The number of nitrogens with two attached hydrogens (primary N) is 1. The van der Waals surface area contributed by atoms with E-state index in [-0.39, 0.29) is 0 Å². The lowest BCUT2D eigenvalue weighted by molar-refractivity contribution is 0.546. The molecule has 1 heterocycles. The Kier molecular flexibility index (Phi) is 2.45. The summed E-state index contributed by atoms with van der Waals surface area (Å²) in [7, 11) is 0. The molecule has 0 aliphatic carbocycles. The van der Waals surface area contributed by atoms with E-state index >= 15 is 0 Å². The molecule has 4 heteroatoms. The second kappa shape index (κ2) is 3.44. The Labute approximate surface area is 89.7 Å². The summed E-state index contributed by atoms with van der Waals surface area (Å²) < 4.78 is 1.06. The molecule has 0 fully saturated rings. The molecule has 2 N–H and O–H groups in total. The van der Waals surface area contributed by atoms with Gasteiger partial charge in [-0.15, -0.1) is 11.8 Å². The van der Waals surface area contributed by atoms with Crippen LogP contribution in [0.5, 0.6) is 0 Å². The van der Waals surface area contributed by atoms with Gasteiger partial charge >= 0.3 is 0 Å². The van der Waals surface area contributed by atoms with Crippen LogP contribution in [0.4, 0.5) is 0 Å². The maximum absolute atomic E-state index is 6.10. The average molecular weight is 257 g/mol. The first-order chi connectivity index (χ1) is 6.21. The SMILES string of the molecule is NC1(c2ccc(Br)cc2)CSC=N1. The monoisotopic (exact) mass is 256 g/mol. The van der Waals surface area contributed by atoms with Gasteiger partial charge in [0.25, 0.3) is 0 Å². The molecule has 0 saturated heterocycles. The summed E-state index contributed by atoms with van der Waals surface area (Å²) in [4.78, 5) is 4.27. The molecule has 0 spiro atoms. The van der Waals surface area contributed by atoms with E-state index in [1.165, 1.54) is 0 Å². The fourth-order valence-corrected chi connectivity index (χ4v) is 2.33. The molecule has 0 radical (unpaired) electrons.